The molecule has 0 aliphatic heterocycles. The van der Waals surface area contributed by atoms with Gasteiger partial charge in [-0.3, -0.25) is 14.5 Å². The first-order valence-electron chi connectivity index (χ1n) is 7.25. The van der Waals surface area contributed by atoms with Crippen LogP contribution in [0.2, 0.25) is 0 Å². The van der Waals surface area contributed by atoms with E-state index >= 15 is 0 Å². The van der Waals surface area contributed by atoms with Gasteiger partial charge in [-0.25, -0.2) is 0 Å². The number of aryl methyl sites for hydroxylation is 1. The zero-order chi connectivity index (χ0) is 16.2. The molecule has 0 aliphatic carbocycles. The van der Waals surface area contributed by atoms with Crippen molar-refractivity contribution in [2.24, 2.45) is 12.5 Å². The van der Waals surface area contributed by atoms with Gasteiger partial charge in [0.15, 0.2) is 0 Å². The molecule has 0 atom stereocenters. The average Bonchev–Trinajstić information content (AvgIpc) is 2.75. The Labute approximate surface area is 131 Å². The topological polar surface area (TPSA) is 59.8 Å². The number of nitrogens with zero attached hydrogens (tertiary/aromatic N) is 3. The van der Waals surface area contributed by atoms with Crippen molar-refractivity contribution in [2.45, 2.75) is 27.2 Å². The number of pyridine rings is 1. The molecule has 0 unspecified atom stereocenters. The Morgan fingerprint density at radius 3 is 2.82 bits per heavy atom. The first-order chi connectivity index (χ1) is 10.3. The quantitative estimate of drug-likeness (QED) is 0.883. The lowest BCUT2D eigenvalue weighted by Gasteiger charge is -2.15. The van der Waals surface area contributed by atoms with Crippen molar-refractivity contribution in [2.75, 3.05) is 5.32 Å². The number of rotatable bonds is 4. The van der Waals surface area contributed by atoms with Crippen molar-refractivity contribution in [1.29, 1.82) is 0 Å². The molecule has 5 nitrogen and oxygen atoms in total. The molecule has 0 aliphatic rings. The van der Waals surface area contributed by atoms with Crippen LogP contribution in [-0.2, 0) is 18.3 Å². The second kappa shape index (κ2) is 6.56. The second-order valence-corrected chi connectivity index (χ2v) is 6.49. The standard InChI is InChI=1S/C17H22N4O/c1-17(2,3)11-14-10-15(21(4)20-14)19-16(22)8-7-13-6-5-9-18-12-13/h5-10,12H,11H2,1-4H3,(H,19,22)/b8-7-. The maximum atomic E-state index is 12.0. The van der Waals surface area contributed by atoms with Crippen LogP contribution in [0, 0.1) is 5.41 Å². The number of carbonyl (C=O) groups excluding carboxylic acids is 1. The highest BCUT2D eigenvalue weighted by Gasteiger charge is 2.15. The van der Waals surface area contributed by atoms with E-state index in [2.05, 4.69) is 36.2 Å². The van der Waals surface area contributed by atoms with Gasteiger partial charge in [-0.15, -0.1) is 0 Å². The van der Waals surface area contributed by atoms with Crippen molar-refractivity contribution in [3.8, 4) is 0 Å². The largest absolute Gasteiger partial charge is 0.307 e. The van der Waals surface area contributed by atoms with Crippen LogP contribution in [0.25, 0.3) is 6.08 Å². The van der Waals surface area contributed by atoms with Gasteiger partial charge in [-0.1, -0.05) is 26.8 Å². The number of nitrogens with one attached hydrogen (secondary N) is 1. The van der Waals surface area contributed by atoms with Gasteiger partial charge in [0.1, 0.15) is 5.82 Å². The summed E-state index contributed by atoms with van der Waals surface area (Å²) in [5.41, 5.74) is 2.02. The molecule has 116 valence electrons. The van der Waals surface area contributed by atoms with E-state index in [1.807, 2.05) is 25.2 Å². The van der Waals surface area contributed by atoms with E-state index in [1.165, 1.54) is 6.08 Å². The fraction of sp³-hybridized carbons (Fsp3) is 0.353. The fourth-order valence-corrected chi connectivity index (χ4v) is 2.09. The monoisotopic (exact) mass is 298 g/mol. The number of carbonyl (C=O) groups is 1. The van der Waals surface area contributed by atoms with Crippen LogP contribution in [0.1, 0.15) is 32.0 Å². The molecule has 0 aromatic carbocycles. The minimum atomic E-state index is -0.186. The maximum Gasteiger partial charge on any atom is 0.249 e. The van der Waals surface area contributed by atoms with Gasteiger partial charge in [-0.2, -0.15) is 5.10 Å². The summed E-state index contributed by atoms with van der Waals surface area (Å²) in [7, 11) is 1.83. The van der Waals surface area contributed by atoms with Crippen LogP contribution in [-0.4, -0.2) is 20.7 Å². The van der Waals surface area contributed by atoms with Crippen LogP contribution in [0.4, 0.5) is 5.82 Å². The van der Waals surface area contributed by atoms with E-state index in [4.69, 9.17) is 0 Å². The van der Waals surface area contributed by atoms with Crippen molar-refractivity contribution in [1.82, 2.24) is 14.8 Å². The SMILES string of the molecule is Cn1nc(CC(C)(C)C)cc1NC(=O)/C=C\c1cccnc1. The molecule has 2 aromatic rings. The molecule has 2 aromatic heterocycles. The van der Waals surface area contributed by atoms with Crippen molar-refractivity contribution < 1.29 is 4.79 Å². The first-order valence-corrected chi connectivity index (χ1v) is 7.25. The second-order valence-electron chi connectivity index (χ2n) is 6.49. The Bertz CT molecular complexity index is 666. The third-order valence-corrected chi connectivity index (χ3v) is 3.00. The minimum Gasteiger partial charge on any atom is -0.307 e. The molecule has 5 heteroatoms. The van der Waals surface area contributed by atoms with E-state index in [0.29, 0.717) is 5.82 Å². The Kier molecular flexibility index (Phi) is 4.75. The third-order valence-electron chi connectivity index (χ3n) is 3.00. The molecule has 0 saturated carbocycles. The third kappa shape index (κ3) is 4.84. The Morgan fingerprint density at radius 1 is 1.41 bits per heavy atom. The summed E-state index contributed by atoms with van der Waals surface area (Å²) in [6.07, 6.45) is 7.49. The highest BCUT2D eigenvalue weighted by atomic mass is 16.1. The van der Waals surface area contributed by atoms with Crippen molar-refractivity contribution in [3.63, 3.8) is 0 Å². The fourth-order valence-electron chi connectivity index (χ4n) is 2.09. The van der Waals surface area contributed by atoms with Crippen LogP contribution < -0.4 is 5.32 Å². The highest BCUT2D eigenvalue weighted by Crippen LogP contribution is 2.21. The van der Waals surface area contributed by atoms with Crippen LogP contribution in [0.5, 0.6) is 0 Å². The van der Waals surface area contributed by atoms with Crippen molar-refractivity contribution in [3.05, 3.63) is 47.9 Å². The summed E-state index contributed by atoms with van der Waals surface area (Å²) >= 11 is 0. The molecule has 2 rings (SSSR count). The molecule has 0 radical (unpaired) electrons. The van der Waals surface area contributed by atoms with Gasteiger partial charge in [0, 0.05) is 31.6 Å². The Morgan fingerprint density at radius 2 is 2.18 bits per heavy atom. The number of anilines is 1. The number of hydrogen-bond acceptors (Lipinski definition) is 3. The van der Waals surface area contributed by atoms with Gasteiger partial charge < -0.3 is 5.32 Å². The minimum absolute atomic E-state index is 0.163. The number of aromatic nitrogens is 3. The molecular weight excluding hydrogens is 276 g/mol. The average molecular weight is 298 g/mol. The first kappa shape index (κ1) is 15.9. The van der Waals surface area contributed by atoms with Gasteiger partial charge in [-0.05, 0) is 29.5 Å². The van der Waals surface area contributed by atoms with E-state index in [9.17, 15) is 4.79 Å². The molecule has 1 amide bonds. The summed E-state index contributed by atoms with van der Waals surface area (Å²) in [6.45, 7) is 6.49. The predicted octanol–water partition coefficient (Wildman–Crippen LogP) is 3.06. The molecule has 0 bridgehead atoms. The van der Waals surface area contributed by atoms with E-state index in [1.54, 1.807) is 23.2 Å². The molecule has 0 fully saturated rings. The van der Waals surface area contributed by atoms with E-state index in [0.717, 1.165) is 17.7 Å². The number of hydrogen-bond donors (Lipinski definition) is 1. The molecule has 22 heavy (non-hydrogen) atoms. The molecular formula is C17H22N4O. The number of amides is 1. The Hall–Kier alpha value is -2.43. The smallest absolute Gasteiger partial charge is 0.249 e. The summed E-state index contributed by atoms with van der Waals surface area (Å²) in [4.78, 5) is 16.0. The lowest BCUT2D eigenvalue weighted by molar-refractivity contribution is -0.111. The van der Waals surface area contributed by atoms with Gasteiger partial charge in [0.25, 0.3) is 0 Å². The Balaban J connectivity index is 2.01. The molecule has 1 N–H and O–H groups in total. The van der Waals surface area contributed by atoms with Crippen molar-refractivity contribution >= 4 is 17.8 Å². The zero-order valence-electron chi connectivity index (χ0n) is 13.5. The molecule has 0 spiro atoms. The van der Waals surface area contributed by atoms with Gasteiger partial charge in [0.05, 0.1) is 5.69 Å². The normalized spacial score (nSPS) is 11.8. The van der Waals surface area contributed by atoms with E-state index in [-0.39, 0.29) is 11.3 Å². The molecule has 2 heterocycles. The zero-order valence-corrected chi connectivity index (χ0v) is 13.5. The van der Waals surface area contributed by atoms with Gasteiger partial charge >= 0.3 is 0 Å². The summed E-state index contributed by atoms with van der Waals surface area (Å²) in [6, 6.07) is 5.64. The lowest BCUT2D eigenvalue weighted by atomic mass is 9.91. The summed E-state index contributed by atoms with van der Waals surface area (Å²) in [5, 5.41) is 7.28. The van der Waals surface area contributed by atoms with Crippen LogP contribution >= 0.6 is 0 Å². The molecule has 0 saturated heterocycles. The van der Waals surface area contributed by atoms with E-state index < -0.39 is 0 Å². The summed E-state index contributed by atoms with van der Waals surface area (Å²) < 4.78 is 1.69. The maximum absolute atomic E-state index is 12.0. The van der Waals surface area contributed by atoms with Crippen LogP contribution in [0.3, 0.4) is 0 Å². The lowest BCUT2D eigenvalue weighted by Crippen LogP contribution is -2.11. The summed E-state index contributed by atoms with van der Waals surface area (Å²) in [5.74, 6) is 0.509. The van der Waals surface area contributed by atoms with Crippen LogP contribution in [0.15, 0.2) is 36.7 Å². The predicted molar refractivity (Wildman–Crippen MR) is 88.3 cm³/mol. The highest BCUT2D eigenvalue weighted by molar-refractivity contribution is 6.01. The van der Waals surface area contributed by atoms with Gasteiger partial charge in [0.2, 0.25) is 5.91 Å².